The lowest BCUT2D eigenvalue weighted by Gasteiger charge is -2.28. The number of unbranched alkanes of at least 4 members (excludes halogenated alkanes) is 2. The quantitative estimate of drug-likeness (QED) is 0.488. The highest BCUT2D eigenvalue weighted by atomic mass is 14.3. The predicted octanol–water partition coefficient (Wildman–Crippen LogP) is 6.74. The highest BCUT2D eigenvalue weighted by molar-refractivity contribution is 5.50. The standard InChI is InChI=1S/C22H31N/c1-2-3-4-7-19-10-12-20(13-11-19)8-5-6-9-21-14-16-22(18-23)17-15-21/h6,9,14-17,19-20H,2-5,7-8,10-13H2,1H3. The lowest BCUT2D eigenvalue weighted by molar-refractivity contribution is 0.250. The average molecular weight is 309 g/mol. The van der Waals surface area contributed by atoms with E-state index in [2.05, 4.69) is 25.1 Å². The van der Waals surface area contributed by atoms with Crippen LogP contribution in [0.1, 0.15) is 82.3 Å². The number of rotatable bonds is 8. The van der Waals surface area contributed by atoms with E-state index in [0.29, 0.717) is 0 Å². The van der Waals surface area contributed by atoms with Gasteiger partial charge in [0.15, 0.2) is 0 Å². The summed E-state index contributed by atoms with van der Waals surface area (Å²) in [5.74, 6) is 1.97. The molecule has 124 valence electrons. The first-order valence-electron chi connectivity index (χ1n) is 9.48. The summed E-state index contributed by atoms with van der Waals surface area (Å²) in [5, 5.41) is 8.80. The first-order chi connectivity index (χ1) is 11.3. The molecule has 0 amide bonds. The smallest absolute Gasteiger partial charge is 0.0991 e. The van der Waals surface area contributed by atoms with Crippen molar-refractivity contribution < 1.29 is 0 Å². The van der Waals surface area contributed by atoms with Crippen LogP contribution in [-0.4, -0.2) is 0 Å². The summed E-state index contributed by atoms with van der Waals surface area (Å²) >= 11 is 0. The fourth-order valence-corrected chi connectivity index (χ4v) is 3.71. The minimum atomic E-state index is 0.734. The minimum absolute atomic E-state index is 0.734. The molecular formula is C22H31N. The minimum Gasteiger partial charge on any atom is -0.192 e. The number of hydrogen-bond donors (Lipinski definition) is 0. The molecule has 0 unspecified atom stereocenters. The highest BCUT2D eigenvalue weighted by Gasteiger charge is 2.19. The molecule has 0 atom stereocenters. The van der Waals surface area contributed by atoms with Gasteiger partial charge < -0.3 is 0 Å². The third kappa shape index (κ3) is 6.61. The van der Waals surface area contributed by atoms with Gasteiger partial charge in [-0.25, -0.2) is 0 Å². The largest absolute Gasteiger partial charge is 0.192 e. The molecule has 1 aliphatic rings. The van der Waals surface area contributed by atoms with Crippen molar-refractivity contribution in [3.63, 3.8) is 0 Å². The second-order valence-corrected chi connectivity index (χ2v) is 7.10. The Bertz CT molecular complexity index is 498. The molecule has 0 heterocycles. The summed E-state index contributed by atoms with van der Waals surface area (Å²) < 4.78 is 0. The number of benzene rings is 1. The van der Waals surface area contributed by atoms with E-state index in [1.165, 1.54) is 69.8 Å². The van der Waals surface area contributed by atoms with Crippen LogP contribution in [0.3, 0.4) is 0 Å². The first-order valence-corrected chi connectivity index (χ1v) is 9.48. The Labute approximate surface area is 142 Å². The highest BCUT2D eigenvalue weighted by Crippen LogP contribution is 2.34. The summed E-state index contributed by atoms with van der Waals surface area (Å²) in [6.45, 7) is 2.29. The first kappa shape index (κ1) is 17.8. The second kappa shape index (κ2) is 10.3. The molecular weight excluding hydrogens is 278 g/mol. The lowest BCUT2D eigenvalue weighted by Crippen LogP contribution is -2.14. The van der Waals surface area contributed by atoms with Crippen LogP contribution in [-0.2, 0) is 0 Å². The van der Waals surface area contributed by atoms with Gasteiger partial charge in [0.25, 0.3) is 0 Å². The van der Waals surface area contributed by atoms with Gasteiger partial charge in [-0.2, -0.15) is 5.26 Å². The number of nitrogens with zero attached hydrogens (tertiary/aromatic N) is 1. The van der Waals surface area contributed by atoms with Gasteiger partial charge in [0.05, 0.1) is 11.6 Å². The molecule has 0 radical (unpaired) electrons. The fraction of sp³-hybridized carbons (Fsp3) is 0.591. The Morgan fingerprint density at radius 3 is 2.26 bits per heavy atom. The van der Waals surface area contributed by atoms with Gasteiger partial charge in [0, 0.05) is 0 Å². The Morgan fingerprint density at radius 2 is 1.65 bits per heavy atom. The van der Waals surface area contributed by atoms with Gasteiger partial charge >= 0.3 is 0 Å². The van der Waals surface area contributed by atoms with Crippen LogP contribution in [0, 0.1) is 23.2 Å². The molecule has 0 bridgehead atoms. The lowest BCUT2D eigenvalue weighted by atomic mass is 9.78. The molecule has 1 aromatic rings. The van der Waals surface area contributed by atoms with Gasteiger partial charge in [-0.1, -0.05) is 82.6 Å². The van der Waals surface area contributed by atoms with E-state index in [1.54, 1.807) is 0 Å². The van der Waals surface area contributed by atoms with Crippen LogP contribution >= 0.6 is 0 Å². The van der Waals surface area contributed by atoms with Crippen molar-refractivity contribution in [2.45, 2.75) is 71.1 Å². The molecule has 0 aromatic heterocycles. The molecule has 2 rings (SSSR count). The van der Waals surface area contributed by atoms with E-state index in [-0.39, 0.29) is 0 Å². The summed E-state index contributed by atoms with van der Waals surface area (Å²) in [5.41, 5.74) is 1.93. The van der Waals surface area contributed by atoms with Crippen molar-refractivity contribution in [3.05, 3.63) is 41.5 Å². The van der Waals surface area contributed by atoms with E-state index in [0.717, 1.165) is 17.4 Å². The third-order valence-electron chi connectivity index (χ3n) is 5.27. The maximum atomic E-state index is 8.80. The maximum Gasteiger partial charge on any atom is 0.0991 e. The number of nitriles is 1. The van der Waals surface area contributed by atoms with E-state index in [9.17, 15) is 0 Å². The normalized spacial score (nSPS) is 21.4. The molecule has 0 saturated heterocycles. The summed E-state index contributed by atoms with van der Waals surface area (Å²) in [7, 11) is 0. The summed E-state index contributed by atoms with van der Waals surface area (Å²) in [6.07, 6.45) is 18.5. The zero-order chi connectivity index (χ0) is 16.3. The van der Waals surface area contributed by atoms with Crippen molar-refractivity contribution in [2.24, 2.45) is 11.8 Å². The van der Waals surface area contributed by atoms with Crippen LogP contribution < -0.4 is 0 Å². The maximum absolute atomic E-state index is 8.80. The molecule has 0 N–H and O–H groups in total. The van der Waals surface area contributed by atoms with E-state index in [1.807, 2.05) is 24.3 Å². The third-order valence-corrected chi connectivity index (χ3v) is 5.27. The molecule has 1 aromatic carbocycles. The molecule has 0 spiro atoms. The van der Waals surface area contributed by atoms with Crippen LogP contribution in [0.5, 0.6) is 0 Å². The second-order valence-electron chi connectivity index (χ2n) is 7.10. The van der Waals surface area contributed by atoms with Crippen molar-refractivity contribution >= 4 is 6.08 Å². The van der Waals surface area contributed by atoms with E-state index in [4.69, 9.17) is 5.26 Å². The molecule has 1 heteroatoms. The summed E-state index contributed by atoms with van der Waals surface area (Å²) in [6, 6.07) is 9.99. The Morgan fingerprint density at radius 1 is 1.00 bits per heavy atom. The van der Waals surface area contributed by atoms with E-state index >= 15 is 0 Å². The fourth-order valence-electron chi connectivity index (χ4n) is 3.71. The van der Waals surface area contributed by atoms with Crippen LogP contribution in [0.15, 0.2) is 30.3 Å². The molecule has 23 heavy (non-hydrogen) atoms. The van der Waals surface area contributed by atoms with Gasteiger partial charge in [-0.15, -0.1) is 0 Å². The van der Waals surface area contributed by atoms with Crippen LogP contribution in [0.2, 0.25) is 0 Å². The monoisotopic (exact) mass is 309 g/mol. The van der Waals surface area contributed by atoms with Crippen molar-refractivity contribution in [3.8, 4) is 6.07 Å². The Balaban J connectivity index is 1.61. The van der Waals surface area contributed by atoms with Crippen LogP contribution in [0.25, 0.3) is 6.08 Å². The summed E-state index contributed by atoms with van der Waals surface area (Å²) in [4.78, 5) is 0. The number of hydrogen-bond acceptors (Lipinski definition) is 1. The zero-order valence-corrected chi connectivity index (χ0v) is 14.6. The molecule has 1 nitrogen and oxygen atoms in total. The average Bonchev–Trinajstić information content (AvgIpc) is 2.61. The number of allylic oxidation sites excluding steroid dienone is 1. The van der Waals surface area contributed by atoms with Crippen molar-refractivity contribution in [1.82, 2.24) is 0 Å². The topological polar surface area (TPSA) is 23.8 Å². The Kier molecular flexibility index (Phi) is 7.95. The zero-order valence-electron chi connectivity index (χ0n) is 14.6. The van der Waals surface area contributed by atoms with Gasteiger partial charge in [-0.3, -0.25) is 0 Å². The van der Waals surface area contributed by atoms with Gasteiger partial charge in [0.1, 0.15) is 0 Å². The predicted molar refractivity (Wildman–Crippen MR) is 99.0 cm³/mol. The molecule has 1 saturated carbocycles. The SMILES string of the molecule is CCCCCC1CCC(CCC=Cc2ccc(C#N)cc2)CC1. The van der Waals surface area contributed by atoms with Crippen molar-refractivity contribution in [2.75, 3.05) is 0 Å². The Hall–Kier alpha value is -1.55. The van der Waals surface area contributed by atoms with E-state index < -0.39 is 0 Å². The van der Waals surface area contributed by atoms with Gasteiger partial charge in [-0.05, 0) is 42.4 Å². The molecule has 0 aliphatic heterocycles. The van der Waals surface area contributed by atoms with Crippen LogP contribution in [0.4, 0.5) is 0 Å². The van der Waals surface area contributed by atoms with Gasteiger partial charge in [0.2, 0.25) is 0 Å². The van der Waals surface area contributed by atoms with Crippen molar-refractivity contribution in [1.29, 1.82) is 5.26 Å². The molecule has 1 fully saturated rings. The molecule has 1 aliphatic carbocycles.